The van der Waals surface area contributed by atoms with E-state index < -0.39 is 0 Å². The summed E-state index contributed by atoms with van der Waals surface area (Å²) in [5, 5.41) is 0.476. The standard InChI is InChI=1S/C8H9ClN2OS/c9-7-2-1-6(3-11-7)4-13-5-8(10)12/h1-3H,4-5H2,(H2,10,12). The number of pyridine rings is 1. The highest BCUT2D eigenvalue weighted by Gasteiger charge is 1.97. The van der Waals surface area contributed by atoms with Crippen LogP contribution in [0, 0.1) is 0 Å². The molecule has 0 spiro atoms. The molecule has 0 aliphatic heterocycles. The Kier molecular flexibility index (Phi) is 4.05. The molecule has 0 radical (unpaired) electrons. The van der Waals surface area contributed by atoms with Crippen molar-refractivity contribution in [1.29, 1.82) is 0 Å². The summed E-state index contributed by atoms with van der Waals surface area (Å²) < 4.78 is 0. The third-order valence-electron chi connectivity index (χ3n) is 1.30. The van der Waals surface area contributed by atoms with Gasteiger partial charge in [0, 0.05) is 11.9 Å². The van der Waals surface area contributed by atoms with Gasteiger partial charge in [0.25, 0.3) is 0 Å². The second kappa shape index (κ2) is 5.09. The van der Waals surface area contributed by atoms with Gasteiger partial charge in [-0.1, -0.05) is 17.7 Å². The van der Waals surface area contributed by atoms with E-state index in [1.54, 1.807) is 12.3 Å². The average molecular weight is 217 g/mol. The first-order valence-corrected chi connectivity index (χ1v) is 5.18. The first-order valence-electron chi connectivity index (χ1n) is 3.65. The van der Waals surface area contributed by atoms with Crippen molar-refractivity contribution in [2.75, 3.05) is 5.75 Å². The second-order valence-corrected chi connectivity index (χ2v) is 3.82. The monoisotopic (exact) mass is 216 g/mol. The van der Waals surface area contributed by atoms with Crippen molar-refractivity contribution in [2.45, 2.75) is 5.75 Å². The highest BCUT2D eigenvalue weighted by Crippen LogP contribution is 2.12. The molecule has 0 bridgehead atoms. The first-order chi connectivity index (χ1) is 6.18. The summed E-state index contributed by atoms with van der Waals surface area (Å²) in [4.78, 5) is 14.3. The van der Waals surface area contributed by atoms with Crippen LogP contribution in [-0.2, 0) is 10.5 Å². The van der Waals surface area contributed by atoms with E-state index in [1.807, 2.05) is 6.07 Å². The SMILES string of the molecule is NC(=O)CSCc1ccc(Cl)nc1. The van der Waals surface area contributed by atoms with Crippen LogP contribution in [0.15, 0.2) is 18.3 Å². The average Bonchev–Trinajstić information content (AvgIpc) is 2.08. The third kappa shape index (κ3) is 4.15. The number of hydrogen-bond donors (Lipinski definition) is 1. The van der Waals surface area contributed by atoms with Gasteiger partial charge >= 0.3 is 0 Å². The molecule has 0 unspecified atom stereocenters. The predicted octanol–water partition coefficient (Wildman–Crippen LogP) is 1.45. The molecule has 1 aromatic rings. The fourth-order valence-corrected chi connectivity index (χ4v) is 1.58. The fraction of sp³-hybridized carbons (Fsp3) is 0.250. The Morgan fingerprint density at radius 1 is 1.62 bits per heavy atom. The van der Waals surface area contributed by atoms with Gasteiger partial charge in [-0.2, -0.15) is 0 Å². The molecule has 0 aromatic carbocycles. The lowest BCUT2D eigenvalue weighted by molar-refractivity contribution is -0.115. The van der Waals surface area contributed by atoms with E-state index in [9.17, 15) is 4.79 Å². The van der Waals surface area contributed by atoms with E-state index in [4.69, 9.17) is 17.3 Å². The molecular weight excluding hydrogens is 208 g/mol. The van der Waals surface area contributed by atoms with Gasteiger partial charge in [-0.15, -0.1) is 11.8 Å². The summed E-state index contributed by atoms with van der Waals surface area (Å²) in [5.74, 6) is 0.766. The van der Waals surface area contributed by atoms with Crippen LogP contribution in [0.3, 0.4) is 0 Å². The maximum Gasteiger partial charge on any atom is 0.227 e. The molecule has 0 fully saturated rings. The van der Waals surface area contributed by atoms with Gasteiger partial charge in [-0.25, -0.2) is 4.98 Å². The van der Waals surface area contributed by atoms with E-state index in [2.05, 4.69) is 4.98 Å². The van der Waals surface area contributed by atoms with E-state index in [0.29, 0.717) is 10.9 Å². The van der Waals surface area contributed by atoms with Gasteiger partial charge in [0.15, 0.2) is 0 Å². The zero-order valence-corrected chi connectivity index (χ0v) is 8.44. The highest BCUT2D eigenvalue weighted by atomic mass is 35.5. The zero-order valence-electron chi connectivity index (χ0n) is 6.87. The molecule has 70 valence electrons. The van der Waals surface area contributed by atoms with Crippen LogP contribution in [0.5, 0.6) is 0 Å². The normalized spacial score (nSPS) is 9.92. The number of halogens is 1. The number of nitrogens with two attached hydrogens (primary N) is 1. The topological polar surface area (TPSA) is 56.0 Å². The molecule has 1 heterocycles. The van der Waals surface area contributed by atoms with E-state index in [1.165, 1.54) is 11.8 Å². The number of carbonyl (C=O) groups is 1. The van der Waals surface area contributed by atoms with Crippen LogP contribution in [0.2, 0.25) is 5.15 Å². The zero-order chi connectivity index (χ0) is 9.68. The number of primary amides is 1. The lowest BCUT2D eigenvalue weighted by atomic mass is 10.3. The van der Waals surface area contributed by atoms with Gasteiger partial charge in [-0.3, -0.25) is 4.79 Å². The molecular formula is C8H9ClN2OS. The van der Waals surface area contributed by atoms with Gasteiger partial charge in [-0.05, 0) is 11.6 Å². The summed E-state index contributed by atoms with van der Waals surface area (Å²) in [6, 6.07) is 3.60. The first kappa shape index (κ1) is 10.3. The van der Waals surface area contributed by atoms with Crippen molar-refractivity contribution < 1.29 is 4.79 Å². The van der Waals surface area contributed by atoms with Gasteiger partial charge in [0.05, 0.1) is 5.75 Å². The molecule has 0 aliphatic carbocycles. The van der Waals surface area contributed by atoms with Crippen LogP contribution in [0.25, 0.3) is 0 Å². The van der Waals surface area contributed by atoms with Gasteiger partial charge < -0.3 is 5.73 Å². The number of thioether (sulfide) groups is 1. The number of nitrogens with zero attached hydrogens (tertiary/aromatic N) is 1. The Morgan fingerprint density at radius 3 is 2.92 bits per heavy atom. The minimum absolute atomic E-state index is 0.299. The number of hydrogen-bond acceptors (Lipinski definition) is 3. The highest BCUT2D eigenvalue weighted by molar-refractivity contribution is 7.99. The molecule has 1 rings (SSSR count). The number of amides is 1. The molecule has 0 saturated carbocycles. The van der Waals surface area contributed by atoms with E-state index in [0.717, 1.165) is 11.3 Å². The van der Waals surface area contributed by atoms with Crippen LogP contribution < -0.4 is 5.73 Å². The molecule has 0 aliphatic rings. The Balaban J connectivity index is 2.37. The molecule has 1 aromatic heterocycles. The minimum Gasteiger partial charge on any atom is -0.369 e. The van der Waals surface area contributed by atoms with Crippen molar-refractivity contribution in [3.63, 3.8) is 0 Å². The molecule has 0 saturated heterocycles. The van der Waals surface area contributed by atoms with Gasteiger partial charge in [0.2, 0.25) is 5.91 Å². The number of aromatic nitrogens is 1. The summed E-state index contributed by atoms with van der Waals surface area (Å²) in [7, 11) is 0. The van der Waals surface area contributed by atoms with Crippen LogP contribution >= 0.6 is 23.4 Å². The summed E-state index contributed by atoms with van der Waals surface area (Å²) in [6.07, 6.45) is 1.69. The molecule has 0 atom stereocenters. The van der Waals surface area contributed by atoms with Gasteiger partial charge in [0.1, 0.15) is 5.15 Å². The summed E-state index contributed by atoms with van der Waals surface area (Å²) >= 11 is 7.07. The summed E-state index contributed by atoms with van der Waals surface area (Å²) in [5.41, 5.74) is 6.02. The van der Waals surface area contributed by atoms with Crippen molar-refractivity contribution in [3.8, 4) is 0 Å². The lowest BCUT2D eigenvalue weighted by Crippen LogP contribution is -2.13. The van der Waals surface area contributed by atoms with E-state index in [-0.39, 0.29) is 5.91 Å². The van der Waals surface area contributed by atoms with E-state index >= 15 is 0 Å². The second-order valence-electron chi connectivity index (χ2n) is 2.45. The number of rotatable bonds is 4. The maximum absolute atomic E-state index is 10.4. The Bertz CT molecular complexity index is 289. The lowest BCUT2D eigenvalue weighted by Gasteiger charge is -1.98. The Labute approximate surface area is 85.7 Å². The minimum atomic E-state index is -0.299. The van der Waals surface area contributed by atoms with Crippen molar-refractivity contribution >= 4 is 29.3 Å². The number of carbonyl (C=O) groups excluding carboxylic acids is 1. The maximum atomic E-state index is 10.4. The van der Waals surface area contributed by atoms with Crippen LogP contribution in [0.4, 0.5) is 0 Å². The summed E-state index contributed by atoms with van der Waals surface area (Å²) in [6.45, 7) is 0. The molecule has 5 heteroatoms. The smallest absolute Gasteiger partial charge is 0.227 e. The molecule has 3 nitrogen and oxygen atoms in total. The van der Waals surface area contributed by atoms with Crippen LogP contribution in [-0.4, -0.2) is 16.6 Å². The molecule has 2 N–H and O–H groups in total. The largest absolute Gasteiger partial charge is 0.369 e. The Hall–Kier alpha value is -0.740. The molecule has 13 heavy (non-hydrogen) atoms. The van der Waals surface area contributed by atoms with Crippen molar-refractivity contribution in [1.82, 2.24) is 4.98 Å². The molecule has 1 amide bonds. The fourth-order valence-electron chi connectivity index (χ4n) is 0.761. The van der Waals surface area contributed by atoms with Crippen molar-refractivity contribution in [2.24, 2.45) is 5.73 Å². The van der Waals surface area contributed by atoms with Crippen LogP contribution in [0.1, 0.15) is 5.56 Å². The Morgan fingerprint density at radius 2 is 2.38 bits per heavy atom. The predicted molar refractivity (Wildman–Crippen MR) is 54.6 cm³/mol. The quantitative estimate of drug-likeness (QED) is 0.776. The third-order valence-corrected chi connectivity index (χ3v) is 2.55. The van der Waals surface area contributed by atoms with Crippen molar-refractivity contribution in [3.05, 3.63) is 29.0 Å².